The Bertz CT molecular complexity index is 685. The Morgan fingerprint density at radius 2 is 1.52 bits per heavy atom. The van der Waals surface area contributed by atoms with E-state index in [4.69, 9.17) is 0 Å². The molecule has 2 atom stereocenters. The fourth-order valence-corrected chi connectivity index (χ4v) is 4.60. The van der Waals surface area contributed by atoms with Crippen LogP contribution in [0.3, 0.4) is 0 Å². The fraction of sp³-hybridized carbons (Fsp3) is 0.571. The van der Waals surface area contributed by atoms with Gasteiger partial charge in [0.25, 0.3) is 0 Å². The third kappa shape index (κ3) is 5.78. The van der Waals surface area contributed by atoms with Gasteiger partial charge in [-0.05, 0) is 48.9 Å². The molecule has 3 nitrogen and oxygen atoms in total. The first-order valence-electron chi connectivity index (χ1n) is 7.33. The summed E-state index contributed by atoms with van der Waals surface area (Å²) in [5.41, 5.74) is -4.51. The van der Waals surface area contributed by atoms with Gasteiger partial charge >= 0.3 is 11.7 Å². The first-order chi connectivity index (χ1) is 11.4. The average molecular weight is 407 g/mol. The van der Waals surface area contributed by atoms with E-state index in [1.54, 1.807) is 0 Å². The molecular weight excluding hydrogens is 392 g/mol. The number of rotatable bonds is 4. The van der Waals surface area contributed by atoms with Crippen LogP contribution in [0, 0.1) is 5.92 Å². The fourth-order valence-electron chi connectivity index (χ4n) is 2.75. The van der Waals surface area contributed by atoms with Crippen LogP contribution in [0.5, 0.6) is 0 Å². The molecule has 0 saturated heterocycles. The van der Waals surface area contributed by atoms with Crippen molar-refractivity contribution in [3.63, 3.8) is 0 Å². The van der Waals surface area contributed by atoms with E-state index in [1.807, 2.05) is 0 Å². The molecule has 0 amide bonds. The Labute approximate surface area is 145 Å². The highest BCUT2D eigenvalue weighted by atomic mass is 32.2. The highest BCUT2D eigenvalue weighted by Crippen LogP contribution is 2.39. The van der Waals surface area contributed by atoms with E-state index >= 15 is 0 Å². The van der Waals surface area contributed by atoms with Crippen LogP contribution >= 0.6 is 11.8 Å². The molecule has 2 rings (SSSR count). The summed E-state index contributed by atoms with van der Waals surface area (Å²) in [4.78, 5) is -0.581. The summed E-state index contributed by atoms with van der Waals surface area (Å²) < 4.78 is 102. The van der Waals surface area contributed by atoms with Crippen LogP contribution in [0.1, 0.15) is 25.7 Å². The van der Waals surface area contributed by atoms with Crippen LogP contribution in [0.25, 0.3) is 0 Å². The molecule has 1 aliphatic rings. The van der Waals surface area contributed by atoms with Gasteiger partial charge in [0.1, 0.15) is 0 Å². The van der Waals surface area contributed by atoms with Gasteiger partial charge in [0, 0.05) is 10.9 Å². The van der Waals surface area contributed by atoms with Crippen LogP contribution in [0.4, 0.5) is 26.3 Å². The quantitative estimate of drug-likeness (QED) is 0.582. The Balaban J connectivity index is 2.15. The zero-order chi connectivity index (χ0) is 18.9. The normalized spacial score (nSPS) is 22.8. The smallest absolute Gasteiger partial charge is 0.207 e. The zero-order valence-corrected chi connectivity index (χ0v) is 14.3. The van der Waals surface area contributed by atoms with Gasteiger partial charge < -0.3 is 0 Å². The van der Waals surface area contributed by atoms with Crippen molar-refractivity contribution in [1.29, 1.82) is 0 Å². The molecule has 0 aliphatic heterocycles. The number of thioether (sulfide) groups is 1. The van der Waals surface area contributed by atoms with Crippen LogP contribution < -0.4 is 4.72 Å². The van der Waals surface area contributed by atoms with E-state index in [0.29, 0.717) is 12.8 Å². The predicted octanol–water partition coefficient (Wildman–Crippen LogP) is 4.70. The average Bonchev–Trinajstić information content (AvgIpc) is 2.45. The van der Waals surface area contributed by atoms with Crippen molar-refractivity contribution >= 4 is 21.8 Å². The molecule has 1 aromatic rings. The lowest BCUT2D eigenvalue weighted by atomic mass is 9.85. The summed E-state index contributed by atoms with van der Waals surface area (Å²) in [5, 5.41) is 0. The third-order valence-corrected chi connectivity index (χ3v) is 6.11. The SMILES string of the molecule is O=S(=O)(NC1CCCCC1C(F)(F)F)c1ccc(SC(F)(F)F)cc1. The zero-order valence-electron chi connectivity index (χ0n) is 12.7. The molecule has 11 heteroatoms. The number of halogens is 6. The van der Waals surface area contributed by atoms with Gasteiger partial charge in [0.05, 0.1) is 10.8 Å². The van der Waals surface area contributed by atoms with Gasteiger partial charge in [-0.2, -0.15) is 26.3 Å². The van der Waals surface area contributed by atoms with E-state index in [-0.39, 0.29) is 22.6 Å². The Morgan fingerprint density at radius 3 is 2.04 bits per heavy atom. The van der Waals surface area contributed by atoms with Crippen molar-refractivity contribution in [2.45, 2.75) is 53.2 Å². The van der Waals surface area contributed by atoms with E-state index < -0.39 is 45.4 Å². The topological polar surface area (TPSA) is 46.2 Å². The first kappa shape index (κ1) is 20.4. The second-order valence-corrected chi connectivity index (χ2v) is 8.53. The molecule has 0 aromatic heterocycles. The lowest BCUT2D eigenvalue weighted by Crippen LogP contribution is -2.47. The van der Waals surface area contributed by atoms with E-state index in [0.717, 1.165) is 24.3 Å². The second kappa shape index (κ2) is 7.36. The summed E-state index contributed by atoms with van der Waals surface area (Å²) >= 11 is -0.404. The molecule has 1 aliphatic carbocycles. The van der Waals surface area contributed by atoms with Gasteiger partial charge in [-0.25, -0.2) is 13.1 Å². The van der Waals surface area contributed by atoms with E-state index in [1.165, 1.54) is 0 Å². The summed E-state index contributed by atoms with van der Waals surface area (Å²) in [6.45, 7) is 0. The maximum Gasteiger partial charge on any atom is 0.446 e. The van der Waals surface area contributed by atoms with Crippen molar-refractivity contribution in [1.82, 2.24) is 4.72 Å². The summed E-state index contributed by atoms with van der Waals surface area (Å²) in [7, 11) is -4.25. The molecule has 0 bridgehead atoms. The van der Waals surface area contributed by atoms with Gasteiger partial charge in [0.15, 0.2) is 0 Å². The molecule has 1 N–H and O–H groups in total. The minimum Gasteiger partial charge on any atom is -0.207 e. The third-order valence-electron chi connectivity index (χ3n) is 3.86. The Hall–Kier alpha value is -0.940. The maximum atomic E-state index is 13.0. The number of alkyl halides is 6. The van der Waals surface area contributed by atoms with E-state index in [9.17, 15) is 34.8 Å². The van der Waals surface area contributed by atoms with E-state index in [2.05, 4.69) is 4.72 Å². The Kier molecular flexibility index (Phi) is 5.99. The highest BCUT2D eigenvalue weighted by molar-refractivity contribution is 8.00. The van der Waals surface area contributed by atoms with Crippen LogP contribution in [0.15, 0.2) is 34.1 Å². The molecule has 0 spiro atoms. The molecule has 1 saturated carbocycles. The monoisotopic (exact) mass is 407 g/mol. The van der Waals surface area contributed by atoms with Crippen LogP contribution in [0.2, 0.25) is 0 Å². The van der Waals surface area contributed by atoms with Gasteiger partial charge in [-0.1, -0.05) is 12.8 Å². The van der Waals surface area contributed by atoms with Crippen LogP contribution in [-0.2, 0) is 10.0 Å². The van der Waals surface area contributed by atoms with Crippen molar-refractivity contribution in [3.8, 4) is 0 Å². The predicted molar refractivity (Wildman–Crippen MR) is 80.5 cm³/mol. The minimum absolute atomic E-state index is 0.0609. The Morgan fingerprint density at radius 1 is 0.960 bits per heavy atom. The number of nitrogens with one attached hydrogen (secondary N) is 1. The highest BCUT2D eigenvalue weighted by Gasteiger charge is 2.46. The molecule has 0 heterocycles. The van der Waals surface area contributed by atoms with Crippen molar-refractivity contribution < 1.29 is 34.8 Å². The number of sulfonamides is 1. The number of hydrogen-bond acceptors (Lipinski definition) is 3. The molecule has 1 fully saturated rings. The first-order valence-corrected chi connectivity index (χ1v) is 9.63. The summed E-state index contributed by atoms with van der Waals surface area (Å²) in [6.07, 6.45) is -3.77. The number of benzene rings is 1. The summed E-state index contributed by atoms with van der Waals surface area (Å²) in [6, 6.07) is 2.55. The molecule has 25 heavy (non-hydrogen) atoms. The molecule has 2 unspecified atom stereocenters. The molecule has 142 valence electrons. The molecule has 0 radical (unpaired) electrons. The lowest BCUT2D eigenvalue weighted by molar-refractivity contribution is -0.187. The lowest BCUT2D eigenvalue weighted by Gasteiger charge is -2.33. The molecular formula is C14H15F6NO2S2. The molecule has 1 aromatic carbocycles. The van der Waals surface area contributed by atoms with Gasteiger partial charge in [0.2, 0.25) is 10.0 Å². The van der Waals surface area contributed by atoms with Crippen molar-refractivity contribution in [2.24, 2.45) is 5.92 Å². The van der Waals surface area contributed by atoms with Crippen molar-refractivity contribution in [3.05, 3.63) is 24.3 Å². The largest absolute Gasteiger partial charge is 0.446 e. The second-order valence-electron chi connectivity index (χ2n) is 5.68. The van der Waals surface area contributed by atoms with Crippen molar-refractivity contribution in [2.75, 3.05) is 0 Å². The standard InChI is InChI=1S/C14H15F6NO2S2/c15-13(16,17)11-3-1-2-4-12(11)21-25(22,23)10-7-5-9(6-8-10)24-14(18,19)20/h5-8,11-12,21H,1-4H2. The van der Waals surface area contributed by atoms with Gasteiger partial charge in [-0.15, -0.1) is 0 Å². The minimum atomic E-state index is -4.51. The number of hydrogen-bond donors (Lipinski definition) is 1. The summed E-state index contributed by atoms with van der Waals surface area (Å²) in [5.74, 6) is -1.77. The van der Waals surface area contributed by atoms with Gasteiger partial charge in [-0.3, -0.25) is 0 Å². The van der Waals surface area contributed by atoms with Crippen LogP contribution in [-0.4, -0.2) is 26.1 Å². The maximum absolute atomic E-state index is 13.0.